The Morgan fingerprint density at radius 2 is 1.85 bits per heavy atom. The molecule has 0 aliphatic heterocycles. The highest BCUT2D eigenvalue weighted by atomic mass is 79.9. The first-order valence-corrected chi connectivity index (χ1v) is 10.8. The van der Waals surface area contributed by atoms with Crippen LogP contribution in [0.4, 0.5) is 4.39 Å². The third-order valence-electron chi connectivity index (χ3n) is 4.48. The van der Waals surface area contributed by atoms with Gasteiger partial charge in [0.2, 0.25) is 0 Å². The average Bonchev–Trinajstić information content (AvgIpc) is 2.65. The first-order chi connectivity index (χ1) is 13.1. The first-order valence-electron chi connectivity index (χ1n) is 9.66. The van der Waals surface area contributed by atoms with Gasteiger partial charge in [0.15, 0.2) is 0 Å². The molecule has 0 aliphatic carbocycles. The Morgan fingerprint density at radius 3 is 2.63 bits per heavy atom. The highest BCUT2D eigenvalue weighted by molar-refractivity contribution is 9.10. The summed E-state index contributed by atoms with van der Waals surface area (Å²) in [5.41, 5.74) is 1.43. The van der Waals surface area contributed by atoms with Crippen LogP contribution in [0.15, 0.2) is 40.9 Å². The molecule has 0 saturated heterocycles. The predicted octanol–water partition coefficient (Wildman–Crippen LogP) is 7.27. The molecule has 2 nitrogen and oxygen atoms in total. The summed E-state index contributed by atoms with van der Waals surface area (Å²) in [6.45, 7) is 4.04. The summed E-state index contributed by atoms with van der Waals surface area (Å²) < 4.78 is 20.8. The third-order valence-corrected chi connectivity index (χ3v) is 5.33. The van der Waals surface area contributed by atoms with Crippen molar-refractivity contribution in [3.63, 3.8) is 0 Å². The van der Waals surface area contributed by atoms with Gasteiger partial charge in [0.1, 0.15) is 18.2 Å². The quantitative estimate of drug-likeness (QED) is 0.339. The molecule has 0 radical (unpaired) electrons. The van der Waals surface area contributed by atoms with Crippen molar-refractivity contribution in [2.75, 3.05) is 6.54 Å². The van der Waals surface area contributed by atoms with E-state index in [9.17, 15) is 4.39 Å². The predicted molar refractivity (Wildman–Crippen MR) is 115 cm³/mol. The number of benzene rings is 2. The van der Waals surface area contributed by atoms with Gasteiger partial charge in [-0.1, -0.05) is 72.6 Å². The Morgan fingerprint density at radius 1 is 1.07 bits per heavy atom. The molecule has 2 aromatic rings. The summed E-state index contributed by atoms with van der Waals surface area (Å²) in [5, 5.41) is 3.86. The molecule has 0 atom stereocenters. The van der Waals surface area contributed by atoms with Crippen molar-refractivity contribution in [1.82, 2.24) is 5.32 Å². The van der Waals surface area contributed by atoms with Crippen LogP contribution < -0.4 is 10.1 Å². The molecule has 2 aromatic carbocycles. The molecule has 0 fully saturated rings. The lowest BCUT2D eigenvalue weighted by atomic mass is 10.1. The van der Waals surface area contributed by atoms with Crippen LogP contribution in [0.2, 0.25) is 5.02 Å². The fraction of sp³-hybridized carbons (Fsp3) is 0.455. The zero-order valence-corrected chi connectivity index (χ0v) is 18.2. The van der Waals surface area contributed by atoms with E-state index in [1.165, 1.54) is 44.6 Å². The summed E-state index contributed by atoms with van der Waals surface area (Å²) in [7, 11) is 0. The van der Waals surface area contributed by atoms with Gasteiger partial charge in [-0.25, -0.2) is 4.39 Å². The Kier molecular flexibility index (Phi) is 10.2. The van der Waals surface area contributed by atoms with E-state index in [2.05, 4.69) is 28.2 Å². The lowest BCUT2D eigenvalue weighted by Gasteiger charge is -2.14. The van der Waals surface area contributed by atoms with E-state index in [1.54, 1.807) is 12.1 Å². The highest BCUT2D eigenvalue weighted by Gasteiger charge is 2.10. The zero-order valence-electron chi connectivity index (χ0n) is 15.9. The van der Waals surface area contributed by atoms with Gasteiger partial charge in [-0.2, -0.15) is 0 Å². The SMILES string of the molecule is CCCCCCCCNCc1cc(Br)ccc1OCc1c(F)cccc1Cl. The van der Waals surface area contributed by atoms with Crippen molar-refractivity contribution in [3.8, 4) is 5.75 Å². The standard InChI is InChI=1S/C22H28BrClFNO/c1-2-3-4-5-6-7-13-26-15-17-14-18(23)11-12-22(17)27-16-19-20(24)9-8-10-21(19)25/h8-12,14,26H,2-7,13,15-16H2,1H3. The Hall–Kier alpha value is -1.10. The van der Waals surface area contributed by atoms with E-state index in [4.69, 9.17) is 16.3 Å². The summed E-state index contributed by atoms with van der Waals surface area (Å²) in [6.07, 6.45) is 7.70. The zero-order chi connectivity index (χ0) is 19.5. The van der Waals surface area contributed by atoms with Crippen LogP contribution in [0.3, 0.4) is 0 Å². The van der Waals surface area contributed by atoms with Gasteiger partial charge in [-0.3, -0.25) is 0 Å². The highest BCUT2D eigenvalue weighted by Crippen LogP contribution is 2.26. The molecule has 0 aromatic heterocycles. The van der Waals surface area contributed by atoms with Gasteiger partial charge in [0.05, 0.1) is 5.02 Å². The van der Waals surface area contributed by atoms with E-state index >= 15 is 0 Å². The second kappa shape index (κ2) is 12.4. The van der Waals surface area contributed by atoms with Gasteiger partial charge in [0, 0.05) is 22.1 Å². The fourth-order valence-electron chi connectivity index (χ4n) is 2.90. The summed E-state index contributed by atoms with van der Waals surface area (Å²) in [6, 6.07) is 10.5. The average molecular weight is 457 g/mol. The lowest BCUT2D eigenvalue weighted by molar-refractivity contribution is 0.296. The van der Waals surface area contributed by atoms with Crippen molar-refractivity contribution in [1.29, 1.82) is 0 Å². The molecule has 0 aliphatic rings. The second-order valence-corrected chi connectivity index (χ2v) is 8.01. The molecular weight excluding hydrogens is 429 g/mol. The number of halogens is 3. The van der Waals surface area contributed by atoms with E-state index < -0.39 is 0 Å². The van der Waals surface area contributed by atoms with Crippen molar-refractivity contribution in [2.24, 2.45) is 0 Å². The second-order valence-electron chi connectivity index (χ2n) is 6.69. The van der Waals surface area contributed by atoms with Crippen molar-refractivity contribution < 1.29 is 9.13 Å². The Labute approximate surface area is 175 Å². The van der Waals surface area contributed by atoms with Gasteiger partial charge >= 0.3 is 0 Å². The van der Waals surface area contributed by atoms with E-state index in [-0.39, 0.29) is 12.4 Å². The smallest absolute Gasteiger partial charge is 0.131 e. The number of hydrogen-bond donors (Lipinski definition) is 1. The third kappa shape index (κ3) is 7.81. The number of rotatable bonds is 12. The Bertz CT molecular complexity index is 690. The van der Waals surface area contributed by atoms with Crippen molar-refractivity contribution in [3.05, 3.63) is 62.8 Å². The maximum Gasteiger partial charge on any atom is 0.131 e. The first kappa shape index (κ1) is 22.2. The number of nitrogens with one attached hydrogen (secondary N) is 1. The van der Waals surface area contributed by atoms with Gasteiger partial charge in [-0.05, 0) is 43.3 Å². The van der Waals surface area contributed by atoms with Crippen molar-refractivity contribution in [2.45, 2.75) is 58.6 Å². The molecule has 2 rings (SSSR count). The molecule has 0 heterocycles. The molecule has 0 bridgehead atoms. The number of hydrogen-bond acceptors (Lipinski definition) is 2. The minimum Gasteiger partial charge on any atom is -0.488 e. The van der Waals surface area contributed by atoms with Crippen LogP contribution in [-0.4, -0.2) is 6.54 Å². The topological polar surface area (TPSA) is 21.3 Å². The molecule has 0 unspecified atom stereocenters. The molecule has 27 heavy (non-hydrogen) atoms. The molecule has 1 N–H and O–H groups in total. The molecule has 0 amide bonds. The maximum atomic E-state index is 13.9. The lowest BCUT2D eigenvalue weighted by Crippen LogP contribution is -2.15. The largest absolute Gasteiger partial charge is 0.488 e. The summed E-state index contributed by atoms with van der Waals surface area (Å²) >= 11 is 9.59. The molecule has 0 spiro atoms. The van der Waals surface area contributed by atoms with E-state index in [0.717, 1.165) is 28.9 Å². The van der Waals surface area contributed by atoms with Gasteiger partial charge in [0.25, 0.3) is 0 Å². The Balaban J connectivity index is 1.85. The monoisotopic (exact) mass is 455 g/mol. The van der Waals surface area contributed by atoms with Crippen LogP contribution in [0, 0.1) is 5.82 Å². The van der Waals surface area contributed by atoms with Crippen LogP contribution in [0.5, 0.6) is 5.75 Å². The maximum absolute atomic E-state index is 13.9. The van der Waals surface area contributed by atoms with E-state index in [0.29, 0.717) is 10.6 Å². The van der Waals surface area contributed by atoms with Crippen LogP contribution in [0.1, 0.15) is 56.6 Å². The van der Waals surface area contributed by atoms with Crippen LogP contribution in [-0.2, 0) is 13.2 Å². The normalized spacial score (nSPS) is 11.0. The molecule has 148 valence electrons. The van der Waals surface area contributed by atoms with E-state index in [1.807, 2.05) is 18.2 Å². The minimum absolute atomic E-state index is 0.109. The summed E-state index contributed by atoms with van der Waals surface area (Å²) in [5.74, 6) is 0.398. The van der Waals surface area contributed by atoms with Gasteiger partial charge in [-0.15, -0.1) is 0 Å². The number of unbranched alkanes of at least 4 members (excludes halogenated alkanes) is 5. The molecular formula is C22H28BrClFNO. The molecule has 5 heteroatoms. The van der Waals surface area contributed by atoms with Crippen LogP contribution in [0.25, 0.3) is 0 Å². The fourth-order valence-corrected chi connectivity index (χ4v) is 3.53. The molecule has 0 saturated carbocycles. The minimum atomic E-state index is -0.345. The van der Waals surface area contributed by atoms with Crippen LogP contribution >= 0.6 is 27.5 Å². The van der Waals surface area contributed by atoms with Crippen molar-refractivity contribution >= 4 is 27.5 Å². The number of ether oxygens (including phenoxy) is 1. The van der Waals surface area contributed by atoms with Gasteiger partial charge < -0.3 is 10.1 Å². The summed E-state index contributed by atoms with van der Waals surface area (Å²) in [4.78, 5) is 0.